The molecule has 0 aromatic heterocycles. The van der Waals surface area contributed by atoms with Crippen LogP contribution in [0.3, 0.4) is 0 Å². The lowest BCUT2D eigenvalue weighted by atomic mass is 10.0. The van der Waals surface area contributed by atoms with Crippen molar-refractivity contribution in [2.24, 2.45) is 0 Å². The molecule has 0 atom stereocenters. The van der Waals surface area contributed by atoms with Crippen molar-refractivity contribution in [2.75, 3.05) is 22.5 Å². The number of thioether (sulfide) groups is 1. The number of hydrogen-bond donors (Lipinski definition) is 1. The maximum atomic E-state index is 12.6. The molecule has 2 aromatic carbocycles. The molecule has 24 heavy (non-hydrogen) atoms. The minimum absolute atomic E-state index is 0.0600. The number of rotatable bonds is 4. The summed E-state index contributed by atoms with van der Waals surface area (Å²) in [6, 6.07) is 15.7. The third kappa shape index (κ3) is 3.62. The molecule has 0 saturated carbocycles. The topological polar surface area (TPSA) is 49.4 Å². The van der Waals surface area contributed by atoms with E-state index in [1.807, 2.05) is 36.4 Å². The molecule has 124 valence electrons. The molecule has 0 saturated heterocycles. The molecule has 3 rings (SSSR count). The molecular weight excluding hydrogens is 320 g/mol. The lowest BCUT2D eigenvalue weighted by Crippen LogP contribution is -2.43. The predicted molar refractivity (Wildman–Crippen MR) is 98.7 cm³/mol. The fourth-order valence-corrected chi connectivity index (χ4v) is 3.40. The summed E-state index contributed by atoms with van der Waals surface area (Å²) < 4.78 is 0. The normalized spacial score (nSPS) is 13.6. The second kappa shape index (κ2) is 7.09. The minimum atomic E-state index is -0.159. The third-order valence-electron chi connectivity index (χ3n) is 3.98. The number of anilines is 2. The van der Waals surface area contributed by atoms with Crippen LogP contribution in [-0.4, -0.2) is 24.1 Å². The number of carbonyl (C=O) groups excluding carboxylic acids is 2. The SMILES string of the molecule is CC(C)c1ccc(SCC(=O)N2CC(=O)Nc3ccccc32)cc1. The van der Waals surface area contributed by atoms with E-state index in [2.05, 4.69) is 31.3 Å². The molecule has 0 radical (unpaired) electrons. The number of para-hydroxylation sites is 2. The predicted octanol–water partition coefficient (Wildman–Crippen LogP) is 3.89. The van der Waals surface area contributed by atoms with E-state index in [0.717, 1.165) is 10.6 Å². The molecule has 5 heteroatoms. The van der Waals surface area contributed by atoms with Crippen LogP contribution in [0.5, 0.6) is 0 Å². The number of nitrogens with zero attached hydrogens (tertiary/aromatic N) is 1. The second-order valence-corrected chi connectivity index (χ2v) is 7.11. The van der Waals surface area contributed by atoms with Gasteiger partial charge in [0, 0.05) is 4.90 Å². The summed E-state index contributed by atoms with van der Waals surface area (Å²) in [6.07, 6.45) is 0. The van der Waals surface area contributed by atoms with Crippen molar-refractivity contribution < 1.29 is 9.59 Å². The monoisotopic (exact) mass is 340 g/mol. The molecule has 2 aromatic rings. The van der Waals surface area contributed by atoms with Crippen molar-refractivity contribution in [1.29, 1.82) is 0 Å². The molecule has 1 N–H and O–H groups in total. The highest BCUT2D eigenvalue weighted by atomic mass is 32.2. The van der Waals surface area contributed by atoms with Crippen LogP contribution in [0.4, 0.5) is 11.4 Å². The van der Waals surface area contributed by atoms with Crippen LogP contribution >= 0.6 is 11.8 Å². The van der Waals surface area contributed by atoms with Gasteiger partial charge in [-0.25, -0.2) is 0 Å². The van der Waals surface area contributed by atoms with Crippen molar-refractivity contribution in [3.63, 3.8) is 0 Å². The Morgan fingerprint density at radius 1 is 1.17 bits per heavy atom. The number of fused-ring (bicyclic) bond motifs is 1. The van der Waals surface area contributed by atoms with Gasteiger partial charge in [0.1, 0.15) is 6.54 Å². The van der Waals surface area contributed by atoms with Gasteiger partial charge in [0.15, 0.2) is 0 Å². The Morgan fingerprint density at radius 2 is 1.88 bits per heavy atom. The maximum absolute atomic E-state index is 12.6. The van der Waals surface area contributed by atoms with Crippen molar-refractivity contribution >= 4 is 35.0 Å². The third-order valence-corrected chi connectivity index (χ3v) is 4.98. The van der Waals surface area contributed by atoms with Gasteiger partial charge in [-0.1, -0.05) is 38.1 Å². The van der Waals surface area contributed by atoms with Crippen LogP contribution in [0.15, 0.2) is 53.4 Å². The highest BCUT2D eigenvalue weighted by molar-refractivity contribution is 8.00. The summed E-state index contributed by atoms with van der Waals surface area (Å²) in [6.45, 7) is 4.39. The zero-order valence-electron chi connectivity index (χ0n) is 13.8. The van der Waals surface area contributed by atoms with E-state index in [1.54, 1.807) is 4.90 Å². The Morgan fingerprint density at radius 3 is 2.58 bits per heavy atom. The van der Waals surface area contributed by atoms with Crippen molar-refractivity contribution in [1.82, 2.24) is 0 Å². The average molecular weight is 340 g/mol. The van der Waals surface area contributed by atoms with E-state index in [0.29, 0.717) is 17.4 Å². The molecule has 0 spiro atoms. The number of carbonyl (C=O) groups is 2. The Labute approximate surface area is 146 Å². The van der Waals surface area contributed by atoms with Crippen LogP contribution in [0.1, 0.15) is 25.3 Å². The Balaban J connectivity index is 1.68. The zero-order chi connectivity index (χ0) is 17.1. The quantitative estimate of drug-likeness (QED) is 0.859. The highest BCUT2D eigenvalue weighted by Gasteiger charge is 2.26. The first-order valence-electron chi connectivity index (χ1n) is 7.96. The van der Waals surface area contributed by atoms with Crippen LogP contribution < -0.4 is 10.2 Å². The molecule has 2 amide bonds. The summed E-state index contributed by atoms with van der Waals surface area (Å²) >= 11 is 1.50. The van der Waals surface area contributed by atoms with E-state index in [1.165, 1.54) is 17.3 Å². The van der Waals surface area contributed by atoms with Gasteiger partial charge >= 0.3 is 0 Å². The van der Waals surface area contributed by atoms with Gasteiger partial charge in [-0.3, -0.25) is 9.59 Å². The molecule has 0 aliphatic carbocycles. The first kappa shape index (κ1) is 16.6. The molecule has 0 fully saturated rings. The van der Waals surface area contributed by atoms with Crippen LogP contribution in [0.25, 0.3) is 0 Å². The van der Waals surface area contributed by atoms with E-state index < -0.39 is 0 Å². The molecule has 4 nitrogen and oxygen atoms in total. The summed E-state index contributed by atoms with van der Waals surface area (Å²) in [7, 11) is 0. The summed E-state index contributed by atoms with van der Waals surface area (Å²) in [5.41, 5.74) is 2.73. The lowest BCUT2D eigenvalue weighted by molar-refractivity contribution is -0.120. The van der Waals surface area contributed by atoms with Crippen LogP contribution in [-0.2, 0) is 9.59 Å². The maximum Gasteiger partial charge on any atom is 0.244 e. The smallest absolute Gasteiger partial charge is 0.244 e. The average Bonchev–Trinajstić information content (AvgIpc) is 2.59. The van der Waals surface area contributed by atoms with E-state index in [4.69, 9.17) is 0 Å². The fourth-order valence-electron chi connectivity index (χ4n) is 2.63. The second-order valence-electron chi connectivity index (χ2n) is 6.06. The van der Waals surface area contributed by atoms with Gasteiger partial charge in [-0.2, -0.15) is 0 Å². The number of hydrogen-bond acceptors (Lipinski definition) is 3. The van der Waals surface area contributed by atoms with Gasteiger partial charge < -0.3 is 10.2 Å². The molecule has 1 heterocycles. The summed E-state index contributed by atoms with van der Waals surface area (Å²) in [5.74, 6) is 0.584. The number of benzene rings is 2. The Bertz CT molecular complexity index is 756. The first-order chi connectivity index (χ1) is 11.5. The summed E-state index contributed by atoms with van der Waals surface area (Å²) in [5, 5.41) is 2.80. The van der Waals surface area contributed by atoms with Gasteiger partial charge in [-0.05, 0) is 35.7 Å². The molecule has 0 unspecified atom stereocenters. The van der Waals surface area contributed by atoms with Crippen LogP contribution in [0.2, 0.25) is 0 Å². The molecule has 0 bridgehead atoms. The largest absolute Gasteiger partial charge is 0.323 e. The van der Waals surface area contributed by atoms with E-state index >= 15 is 0 Å². The fraction of sp³-hybridized carbons (Fsp3) is 0.263. The molecule has 1 aliphatic heterocycles. The van der Waals surface area contributed by atoms with Crippen molar-refractivity contribution in [3.05, 3.63) is 54.1 Å². The van der Waals surface area contributed by atoms with Crippen LogP contribution in [0, 0.1) is 0 Å². The first-order valence-corrected chi connectivity index (χ1v) is 8.95. The highest BCUT2D eigenvalue weighted by Crippen LogP contribution is 2.30. The molecular formula is C19H20N2O2S. The van der Waals surface area contributed by atoms with Gasteiger partial charge in [0.05, 0.1) is 17.1 Å². The van der Waals surface area contributed by atoms with Gasteiger partial charge in [-0.15, -0.1) is 11.8 Å². The van der Waals surface area contributed by atoms with Crippen molar-refractivity contribution in [3.8, 4) is 0 Å². The zero-order valence-corrected chi connectivity index (χ0v) is 14.6. The molecule has 1 aliphatic rings. The van der Waals surface area contributed by atoms with E-state index in [-0.39, 0.29) is 18.4 Å². The minimum Gasteiger partial charge on any atom is -0.323 e. The lowest BCUT2D eigenvalue weighted by Gasteiger charge is -2.29. The summed E-state index contributed by atoms with van der Waals surface area (Å²) in [4.78, 5) is 27.0. The Hall–Kier alpha value is -2.27. The number of amides is 2. The standard InChI is InChI=1S/C19H20N2O2S/c1-13(2)14-7-9-15(10-8-14)24-12-19(23)21-11-18(22)20-16-5-3-4-6-17(16)21/h3-10,13H,11-12H2,1-2H3,(H,20,22). The Kier molecular flexibility index (Phi) is 4.90. The number of nitrogens with one attached hydrogen (secondary N) is 1. The van der Waals surface area contributed by atoms with Crippen molar-refractivity contribution in [2.45, 2.75) is 24.7 Å². The van der Waals surface area contributed by atoms with Gasteiger partial charge in [0.25, 0.3) is 0 Å². The van der Waals surface area contributed by atoms with Gasteiger partial charge in [0.2, 0.25) is 11.8 Å². The van der Waals surface area contributed by atoms with E-state index in [9.17, 15) is 9.59 Å².